The predicted octanol–water partition coefficient (Wildman–Crippen LogP) is 8.62. The van der Waals surface area contributed by atoms with E-state index >= 15 is 18.0 Å². The zero-order valence-corrected chi connectivity index (χ0v) is 35.9. The van der Waals surface area contributed by atoms with Crippen molar-refractivity contribution in [3.8, 4) is 0 Å². The zero-order valence-electron chi connectivity index (χ0n) is 35.0. The van der Waals surface area contributed by atoms with Crippen molar-refractivity contribution in [2.24, 2.45) is 35.0 Å². The summed E-state index contributed by atoms with van der Waals surface area (Å²) in [6.45, 7) is 2.13. The second-order valence-electron chi connectivity index (χ2n) is 19.0. The van der Waals surface area contributed by atoms with Gasteiger partial charge in [0.25, 0.3) is 0 Å². The van der Waals surface area contributed by atoms with E-state index in [-0.39, 0.29) is 28.6 Å². The first-order valence-electron chi connectivity index (χ1n) is 23.1. The van der Waals surface area contributed by atoms with Crippen LogP contribution in [0, 0.1) is 35.0 Å². The number of nitrogens with zero attached hydrogens (tertiary/aromatic N) is 3. The summed E-state index contributed by atoms with van der Waals surface area (Å²) in [5.74, 6) is -0.900. The van der Waals surface area contributed by atoms with E-state index in [1.54, 1.807) is 16.4 Å². The van der Waals surface area contributed by atoms with Crippen molar-refractivity contribution in [3.05, 3.63) is 35.9 Å². The van der Waals surface area contributed by atoms with E-state index in [1.165, 1.54) is 25.6 Å². The highest BCUT2D eigenvalue weighted by Gasteiger charge is 2.77. The van der Waals surface area contributed by atoms with Crippen molar-refractivity contribution in [1.82, 2.24) is 25.0 Å². The van der Waals surface area contributed by atoms with Crippen LogP contribution in [0.2, 0.25) is 0 Å². The number of anilines is 1. The number of rotatable bonds is 5. The first-order valence-corrected chi connectivity index (χ1v) is 24.5. The number of piperidine rings is 2. The number of alkyl halides is 3. The first kappa shape index (κ1) is 43.0. The zero-order chi connectivity index (χ0) is 41.4. The number of likely N-dealkylation sites (tertiary alicyclic amines) is 1. The molecule has 2 saturated carbocycles. The van der Waals surface area contributed by atoms with Gasteiger partial charge in [0.1, 0.15) is 6.04 Å². The molecule has 3 amide bonds. The summed E-state index contributed by atoms with van der Waals surface area (Å²) in [6.07, 6.45) is 16.4. The number of hydrazine groups is 1. The van der Waals surface area contributed by atoms with Gasteiger partial charge in [0.15, 0.2) is 0 Å². The van der Waals surface area contributed by atoms with E-state index in [1.807, 2.05) is 9.91 Å². The topological polar surface area (TPSA) is 114 Å². The molecule has 8 rings (SSSR count). The number of allylic oxidation sites excluding steroid dienone is 1. The molecule has 0 radical (unpaired) electrons. The number of hydrogen-bond donors (Lipinski definition) is 3. The van der Waals surface area contributed by atoms with Crippen molar-refractivity contribution in [2.45, 2.75) is 151 Å². The molecule has 4 heterocycles. The largest absolute Gasteiger partial charge is 0.406 e. The van der Waals surface area contributed by atoms with Gasteiger partial charge in [-0.15, -0.1) is 0 Å². The molecule has 4 saturated heterocycles. The number of nitrogens with one attached hydrogen (secondary N) is 3. The van der Waals surface area contributed by atoms with Gasteiger partial charge in [0.2, 0.25) is 15.9 Å². The molecule has 3 aliphatic carbocycles. The lowest BCUT2D eigenvalue weighted by atomic mass is 9.40. The summed E-state index contributed by atoms with van der Waals surface area (Å²) in [6, 6.07) is 3.87. The Hall–Kier alpha value is -2.68. The molecule has 4 aliphatic heterocycles. The van der Waals surface area contributed by atoms with Crippen LogP contribution >= 0.6 is 0 Å². The summed E-state index contributed by atoms with van der Waals surface area (Å²) in [7, 11) is -2.31. The van der Waals surface area contributed by atoms with Crippen LogP contribution in [-0.2, 0) is 14.8 Å². The molecule has 0 aromatic heterocycles. The van der Waals surface area contributed by atoms with E-state index in [0.717, 1.165) is 115 Å². The van der Waals surface area contributed by atoms with Gasteiger partial charge in [-0.05, 0) is 130 Å². The summed E-state index contributed by atoms with van der Waals surface area (Å²) in [4.78, 5) is 29.3. The molecule has 7 aliphatic rings. The molecule has 6 fully saturated rings. The molecule has 14 heteroatoms. The molecule has 328 valence electrons. The van der Waals surface area contributed by atoms with Crippen molar-refractivity contribution < 1.29 is 31.2 Å². The number of fused-ring (bicyclic) bond motifs is 3. The summed E-state index contributed by atoms with van der Waals surface area (Å²) >= 11 is 0. The van der Waals surface area contributed by atoms with Gasteiger partial charge in [-0.3, -0.25) is 4.79 Å². The minimum atomic E-state index is -4.62. The Morgan fingerprint density at radius 2 is 1.44 bits per heavy atom. The number of amides is 3. The van der Waals surface area contributed by atoms with Crippen molar-refractivity contribution in [1.29, 1.82) is 0 Å². The van der Waals surface area contributed by atoms with Crippen LogP contribution in [0.25, 0.3) is 0 Å². The van der Waals surface area contributed by atoms with Gasteiger partial charge >= 0.3 is 12.2 Å². The maximum Gasteiger partial charge on any atom is 0.406 e. The minimum absolute atomic E-state index is 0.0566. The molecular weight excluding hydrogens is 778 g/mol. The highest BCUT2D eigenvalue weighted by atomic mass is 32.2. The Bertz CT molecular complexity index is 1790. The number of halogens is 3. The molecule has 59 heavy (non-hydrogen) atoms. The summed E-state index contributed by atoms with van der Waals surface area (Å²) < 4.78 is 77.2. The Morgan fingerprint density at radius 3 is 2.15 bits per heavy atom. The first-order chi connectivity index (χ1) is 28.4. The average molecular weight is 845 g/mol. The molecule has 10 nitrogen and oxygen atoms in total. The molecule has 2 bridgehead atoms. The van der Waals surface area contributed by atoms with E-state index < -0.39 is 45.1 Å². The van der Waals surface area contributed by atoms with Gasteiger partial charge in [-0.1, -0.05) is 63.9 Å². The van der Waals surface area contributed by atoms with Gasteiger partial charge in [-0.2, -0.15) is 17.5 Å². The van der Waals surface area contributed by atoms with Gasteiger partial charge in [0.05, 0.1) is 16.4 Å². The Morgan fingerprint density at radius 1 is 0.780 bits per heavy atom. The smallest absolute Gasteiger partial charge is 0.342 e. The van der Waals surface area contributed by atoms with Gasteiger partial charge in [0, 0.05) is 45.5 Å². The average Bonchev–Trinajstić information content (AvgIpc) is 3.35. The monoisotopic (exact) mass is 844 g/mol. The molecule has 3 N–H and O–H groups in total. The van der Waals surface area contributed by atoms with Crippen LogP contribution in [0.15, 0.2) is 40.8 Å². The molecule has 1 aromatic rings. The summed E-state index contributed by atoms with van der Waals surface area (Å²) in [5, 5.41) is 7.19. The number of hydrogen-bond acceptors (Lipinski definition) is 6. The maximum absolute atomic E-state index is 15.8. The standard InChI is InChI=1S/C45H67F3N6O4S/c1-49-42(56)50-34-18-20-35(21-19-34)59(57,58)53-28-22-32(23-29-53)37-24-30-54-44(39(40(51-54)45(46,47)48)41(55)52-26-13-7-8-14-27-52)38-17-11-5-4-10-16-36(38)33-15-9-3-2-6-12-25-43(37,44)31-33/h17-21,32-33,36-37,39-40,51H,2-16,22-31H2,1H3,(H2,49,50,56)/b38-17+. The van der Waals surface area contributed by atoms with Crippen LogP contribution in [0.4, 0.5) is 23.7 Å². The van der Waals surface area contributed by atoms with Crippen LogP contribution in [-0.4, -0.2) is 92.1 Å². The second-order valence-corrected chi connectivity index (χ2v) is 20.9. The molecule has 7 atom stereocenters. The number of urea groups is 1. The highest BCUT2D eigenvalue weighted by Crippen LogP contribution is 2.71. The fourth-order valence-corrected chi connectivity index (χ4v) is 15.1. The minimum Gasteiger partial charge on any atom is -0.342 e. The third kappa shape index (κ3) is 7.88. The van der Waals surface area contributed by atoms with E-state index in [4.69, 9.17) is 0 Å². The molecule has 7 unspecified atom stereocenters. The third-order valence-electron chi connectivity index (χ3n) is 16.0. The van der Waals surface area contributed by atoms with E-state index in [9.17, 15) is 13.2 Å². The second kappa shape index (κ2) is 17.6. The van der Waals surface area contributed by atoms with Crippen molar-refractivity contribution in [2.75, 3.05) is 45.1 Å². The third-order valence-corrected chi connectivity index (χ3v) is 17.9. The molecule has 1 aromatic carbocycles. The number of sulfonamides is 1. The fraction of sp³-hybridized carbons (Fsp3) is 0.778. The Kier molecular flexibility index (Phi) is 12.8. The van der Waals surface area contributed by atoms with Crippen LogP contribution < -0.4 is 16.1 Å². The number of carbonyl (C=O) groups is 2. The highest BCUT2D eigenvalue weighted by molar-refractivity contribution is 7.89. The molecule has 2 spiro atoms. The quantitative estimate of drug-likeness (QED) is 0.256. The maximum atomic E-state index is 15.8. The Labute approximate surface area is 349 Å². The van der Waals surface area contributed by atoms with Crippen molar-refractivity contribution in [3.63, 3.8) is 0 Å². The van der Waals surface area contributed by atoms with E-state index in [2.05, 4.69) is 22.1 Å². The van der Waals surface area contributed by atoms with Crippen molar-refractivity contribution >= 4 is 27.6 Å². The number of carbonyl (C=O) groups excluding carboxylic acids is 2. The summed E-state index contributed by atoms with van der Waals surface area (Å²) in [5.41, 5.74) is 3.09. The van der Waals surface area contributed by atoms with Crippen LogP contribution in [0.1, 0.15) is 128 Å². The SMILES string of the molecule is CNC(=O)Nc1ccc(S(=O)(=O)N2CCC(C3CCN4NC(C(F)(F)F)C(C(=O)N5CCCCCC5)C45/C4=C/CCCCCC4C4CCCCCCCC35C4)CC2)cc1. The number of benzene rings is 1. The lowest BCUT2D eigenvalue weighted by Crippen LogP contribution is -2.74. The lowest BCUT2D eigenvalue weighted by molar-refractivity contribution is -0.185. The normalized spacial score (nSPS) is 35.4. The Balaban J connectivity index is 1.21. The molecular formula is C45H67F3N6O4S. The predicted molar refractivity (Wildman–Crippen MR) is 223 cm³/mol. The fourth-order valence-electron chi connectivity index (χ4n) is 13.6. The van der Waals surface area contributed by atoms with Crippen LogP contribution in [0.5, 0.6) is 0 Å². The van der Waals surface area contributed by atoms with Gasteiger partial charge in [-0.25, -0.2) is 23.6 Å². The van der Waals surface area contributed by atoms with E-state index in [0.29, 0.717) is 57.2 Å². The lowest BCUT2D eigenvalue weighted by Gasteiger charge is -2.69. The van der Waals surface area contributed by atoms with Crippen LogP contribution in [0.3, 0.4) is 0 Å². The van der Waals surface area contributed by atoms with Gasteiger partial charge < -0.3 is 15.5 Å².